The minimum absolute atomic E-state index is 0.0720. The molecular weight excluding hydrogens is 228 g/mol. The SMILES string of the molecule is CCC1CCN(C(=O)COc2ccc(N)cc2)C1. The summed E-state index contributed by atoms with van der Waals surface area (Å²) in [5, 5.41) is 0. The van der Waals surface area contributed by atoms with Crippen LogP contribution in [-0.2, 0) is 4.79 Å². The number of nitrogens with zero attached hydrogens (tertiary/aromatic N) is 1. The maximum Gasteiger partial charge on any atom is 0.260 e. The summed E-state index contributed by atoms with van der Waals surface area (Å²) >= 11 is 0. The molecule has 1 atom stereocenters. The van der Waals surface area contributed by atoms with E-state index >= 15 is 0 Å². The van der Waals surface area contributed by atoms with Crippen LogP contribution in [0, 0.1) is 5.92 Å². The van der Waals surface area contributed by atoms with Crippen molar-refractivity contribution in [3.8, 4) is 5.75 Å². The molecule has 1 aliphatic heterocycles. The first kappa shape index (κ1) is 12.7. The van der Waals surface area contributed by atoms with E-state index < -0.39 is 0 Å². The first-order valence-corrected chi connectivity index (χ1v) is 6.45. The third-order valence-electron chi connectivity index (χ3n) is 3.46. The topological polar surface area (TPSA) is 55.6 Å². The van der Waals surface area contributed by atoms with Crippen molar-refractivity contribution in [2.24, 2.45) is 5.92 Å². The Morgan fingerprint density at radius 3 is 2.78 bits per heavy atom. The summed E-state index contributed by atoms with van der Waals surface area (Å²) < 4.78 is 5.46. The van der Waals surface area contributed by atoms with Crippen molar-refractivity contribution in [2.75, 3.05) is 25.4 Å². The average molecular weight is 248 g/mol. The molecule has 1 amide bonds. The molecule has 0 radical (unpaired) electrons. The summed E-state index contributed by atoms with van der Waals surface area (Å²) in [5.41, 5.74) is 6.28. The lowest BCUT2D eigenvalue weighted by Gasteiger charge is -2.16. The predicted molar refractivity (Wildman–Crippen MR) is 71.3 cm³/mol. The zero-order valence-corrected chi connectivity index (χ0v) is 10.8. The number of anilines is 1. The molecule has 1 fully saturated rings. The van der Waals surface area contributed by atoms with E-state index in [0.717, 1.165) is 25.9 Å². The Balaban J connectivity index is 1.80. The van der Waals surface area contributed by atoms with E-state index in [9.17, 15) is 4.79 Å². The van der Waals surface area contributed by atoms with Gasteiger partial charge in [-0.3, -0.25) is 4.79 Å². The molecule has 1 aromatic carbocycles. The van der Waals surface area contributed by atoms with Crippen molar-refractivity contribution in [3.05, 3.63) is 24.3 Å². The molecule has 4 nitrogen and oxygen atoms in total. The normalized spacial score (nSPS) is 18.9. The number of amides is 1. The fourth-order valence-corrected chi connectivity index (χ4v) is 2.19. The van der Waals surface area contributed by atoms with Crippen LogP contribution < -0.4 is 10.5 Å². The maximum atomic E-state index is 11.9. The Hall–Kier alpha value is -1.71. The predicted octanol–water partition coefficient (Wildman–Crippen LogP) is 1.91. The summed E-state index contributed by atoms with van der Waals surface area (Å²) in [6.45, 7) is 4.02. The molecule has 18 heavy (non-hydrogen) atoms. The molecule has 1 heterocycles. The molecule has 0 aliphatic carbocycles. The molecule has 2 rings (SSSR count). The molecule has 1 unspecified atom stereocenters. The smallest absolute Gasteiger partial charge is 0.260 e. The van der Waals surface area contributed by atoms with Crippen LogP contribution in [0.1, 0.15) is 19.8 Å². The molecule has 0 spiro atoms. The highest BCUT2D eigenvalue weighted by Gasteiger charge is 2.24. The second kappa shape index (κ2) is 5.76. The number of rotatable bonds is 4. The van der Waals surface area contributed by atoms with Crippen LogP contribution in [0.2, 0.25) is 0 Å². The lowest BCUT2D eigenvalue weighted by molar-refractivity contribution is -0.132. The second-order valence-corrected chi connectivity index (χ2v) is 4.76. The van der Waals surface area contributed by atoms with E-state index in [1.807, 2.05) is 4.90 Å². The Kier molecular flexibility index (Phi) is 4.07. The molecule has 4 heteroatoms. The molecule has 0 saturated carbocycles. The number of likely N-dealkylation sites (tertiary alicyclic amines) is 1. The minimum atomic E-state index is 0.0720. The van der Waals surface area contributed by atoms with Gasteiger partial charge < -0.3 is 15.4 Å². The number of carbonyl (C=O) groups is 1. The second-order valence-electron chi connectivity index (χ2n) is 4.76. The van der Waals surface area contributed by atoms with Gasteiger partial charge in [0, 0.05) is 18.8 Å². The molecule has 2 N–H and O–H groups in total. The summed E-state index contributed by atoms with van der Waals surface area (Å²) in [7, 11) is 0. The zero-order valence-electron chi connectivity index (χ0n) is 10.8. The Bertz CT molecular complexity index is 403. The summed E-state index contributed by atoms with van der Waals surface area (Å²) in [6.07, 6.45) is 2.26. The van der Waals surface area contributed by atoms with Gasteiger partial charge in [-0.15, -0.1) is 0 Å². The van der Waals surface area contributed by atoms with Gasteiger partial charge in [0.05, 0.1) is 0 Å². The van der Waals surface area contributed by atoms with Crippen LogP contribution >= 0.6 is 0 Å². The van der Waals surface area contributed by atoms with Crippen molar-refractivity contribution in [2.45, 2.75) is 19.8 Å². The molecule has 1 saturated heterocycles. The lowest BCUT2D eigenvalue weighted by atomic mass is 10.1. The van der Waals surface area contributed by atoms with Crippen LogP contribution in [0.5, 0.6) is 5.75 Å². The monoisotopic (exact) mass is 248 g/mol. The number of nitrogens with two attached hydrogens (primary N) is 1. The van der Waals surface area contributed by atoms with E-state index in [1.165, 1.54) is 0 Å². The fraction of sp³-hybridized carbons (Fsp3) is 0.500. The van der Waals surface area contributed by atoms with Gasteiger partial charge in [0.2, 0.25) is 0 Å². The number of hydrogen-bond acceptors (Lipinski definition) is 3. The van der Waals surface area contributed by atoms with Crippen molar-refractivity contribution in [1.29, 1.82) is 0 Å². The van der Waals surface area contributed by atoms with E-state index in [2.05, 4.69) is 6.92 Å². The van der Waals surface area contributed by atoms with Crippen LogP contribution in [-0.4, -0.2) is 30.5 Å². The van der Waals surface area contributed by atoms with Gasteiger partial charge in [0.25, 0.3) is 5.91 Å². The molecule has 98 valence electrons. The van der Waals surface area contributed by atoms with E-state index in [1.54, 1.807) is 24.3 Å². The van der Waals surface area contributed by atoms with Gasteiger partial charge in [-0.25, -0.2) is 0 Å². The maximum absolute atomic E-state index is 11.9. The highest BCUT2D eigenvalue weighted by atomic mass is 16.5. The molecule has 0 bridgehead atoms. The first-order chi connectivity index (χ1) is 8.69. The van der Waals surface area contributed by atoms with Crippen LogP contribution in [0.15, 0.2) is 24.3 Å². The van der Waals surface area contributed by atoms with E-state index in [4.69, 9.17) is 10.5 Å². The van der Waals surface area contributed by atoms with Gasteiger partial charge in [0.1, 0.15) is 5.75 Å². The van der Waals surface area contributed by atoms with E-state index in [0.29, 0.717) is 17.4 Å². The highest BCUT2D eigenvalue weighted by molar-refractivity contribution is 5.78. The lowest BCUT2D eigenvalue weighted by Crippen LogP contribution is -2.33. The van der Waals surface area contributed by atoms with Crippen LogP contribution in [0.3, 0.4) is 0 Å². The number of nitrogen functional groups attached to an aromatic ring is 1. The highest BCUT2D eigenvalue weighted by Crippen LogP contribution is 2.19. The Morgan fingerprint density at radius 1 is 1.44 bits per heavy atom. The van der Waals surface area contributed by atoms with Gasteiger partial charge in [-0.2, -0.15) is 0 Å². The largest absolute Gasteiger partial charge is 0.484 e. The van der Waals surface area contributed by atoms with Gasteiger partial charge in [-0.1, -0.05) is 13.3 Å². The molecule has 1 aromatic rings. The number of carbonyl (C=O) groups excluding carboxylic acids is 1. The van der Waals surface area contributed by atoms with Gasteiger partial charge in [-0.05, 0) is 36.6 Å². The summed E-state index contributed by atoms with van der Waals surface area (Å²) in [6, 6.07) is 7.09. The Labute approximate surface area is 108 Å². The summed E-state index contributed by atoms with van der Waals surface area (Å²) in [5.74, 6) is 1.41. The van der Waals surface area contributed by atoms with E-state index in [-0.39, 0.29) is 12.5 Å². The van der Waals surface area contributed by atoms with Crippen LogP contribution in [0.25, 0.3) is 0 Å². The third-order valence-corrected chi connectivity index (χ3v) is 3.46. The molecule has 1 aliphatic rings. The van der Waals surface area contributed by atoms with Crippen LogP contribution in [0.4, 0.5) is 5.69 Å². The molecule has 0 aromatic heterocycles. The third kappa shape index (κ3) is 3.15. The standard InChI is InChI=1S/C14H20N2O2/c1-2-11-7-8-16(9-11)14(17)10-18-13-5-3-12(15)4-6-13/h3-6,11H,2,7-10,15H2,1H3. The first-order valence-electron chi connectivity index (χ1n) is 6.45. The van der Waals surface area contributed by atoms with Crippen molar-refractivity contribution < 1.29 is 9.53 Å². The fourth-order valence-electron chi connectivity index (χ4n) is 2.19. The van der Waals surface area contributed by atoms with Crippen molar-refractivity contribution >= 4 is 11.6 Å². The number of ether oxygens (including phenoxy) is 1. The Morgan fingerprint density at radius 2 is 2.17 bits per heavy atom. The zero-order chi connectivity index (χ0) is 13.0. The molecular formula is C14H20N2O2. The average Bonchev–Trinajstić information content (AvgIpc) is 2.86. The van der Waals surface area contributed by atoms with Crippen molar-refractivity contribution in [1.82, 2.24) is 4.90 Å². The number of benzene rings is 1. The quantitative estimate of drug-likeness (QED) is 0.828. The van der Waals surface area contributed by atoms with Gasteiger partial charge >= 0.3 is 0 Å². The van der Waals surface area contributed by atoms with Crippen molar-refractivity contribution in [3.63, 3.8) is 0 Å². The van der Waals surface area contributed by atoms with Gasteiger partial charge in [0.15, 0.2) is 6.61 Å². The minimum Gasteiger partial charge on any atom is -0.484 e. The summed E-state index contributed by atoms with van der Waals surface area (Å²) in [4.78, 5) is 13.8. The number of hydrogen-bond donors (Lipinski definition) is 1.